The molecular formula is C14H16BrN3O4S. The highest BCUT2D eigenvalue weighted by atomic mass is 79.9. The lowest BCUT2D eigenvalue weighted by Crippen LogP contribution is -2.43. The fraction of sp³-hybridized carbons (Fsp3) is 0.286. The molecule has 0 aliphatic heterocycles. The van der Waals surface area contributed by atoms with E-state index in [1.54, 1.807) is 25.1 Å². The van der Waals surface area contributed by atoms with Gasteiger partial charge in [-0.3, -0.25) is 13.7 Å². The predicted octanol–water partition coefficient (Wildman–Crippen LogP) is 1.06. The lowest BCUT2D eigenvalue weighted by atomic mass is 10.4. The zero-order valence-corrected chi connectivity index (χ0v) is 15.3. The molecule has 2 aromatic rings. The van der Waals surface area contributed by atoms with Crippen molar-refractivity contribution in [1.82, 2.24) is 9.13 Å². The van der Waals surface area contributed by atoms with Gasteiger partial charge in [0.05, 0.1) is 0 Å². The first-order valence-corrected chi connectivity index (χ1v) is 8.99. The first kappa shape index (κ1) is 17.5. The van der Waals surface area contributed by atoms with Crippen LogP contribution in [-0.2, 0) is 24.1 Å². The van der Waals surface area contributed by atoms with E-state index in [0.29, 0.717) is 4.47 Å². The van der Waals surface area contributed by atoms with Crippen LogP contribution in [0.1, 0.15) is 6.92 Å². The third-order valence-electron chi connectivity index (χ3n) is 3.39. The molecule has 0 spiro atoms. The Hall–Kier alpha value is -1.87. The zero-order chi connectivity index (χ0) is 17.4. The van der Waals surface area contributed by atoms with Crippen molar-refractivity contribution in [3.8, 4) is 0 Å². The summed E-state index contributed by atoms with van der Waals surface area (Å²) in [6.07, 6.45) is 1.24. The van der Waals surface area contributed by atoms with Crippen molar-refractivity contribution in [1.29, 1.82) is 0 Å². The number of aryl methyl sites for hydroxylation is 1. The number of sulfonamides is 1. The van der Waals surface area contributed by atoms with Gasteiger partial charge in [-0.05, 0) is 35.0 Å². The first-order valence-electron chi connectivity index (χ1n) is 6.75. The maximum atomic E-state index is 12.9. The first-order chi connectivity index (χ1) is 10.7. The Labute approximate surface area is 142 Å². The Morgan fingerprint density at radius 1 is 1.17 bits per heavy atom. The summed E-state index contributed by atoms with van der Waals surface area (Å²) in [6.45, 7) is 1.68. The highest BCUT2D eigenvalue weighted by Gasteiger charge is 2.28. The average molecular weight is 402 g/mol. The minimum absolute atomic E-state index is 0.0527. The standard InChI is InChI=1S/C14H16BrN3O4S/c1-4-18(11-9-16(2)14(20)17(3)13(11)19)23(21,22)12-8-6-5-7-10(12)15/h5-9H,4H2,1-3H3. The second-order valence-corrected chi connectivity index (χ2v) is 7.56. The van der Waals surface area contributed by atoms with Crippen molar-refractivity contribution in [3.05, 3.63) is 55.8 Å². The van der Waals surface area contributed by atoms with Crippen LogP contribution in [0.3, 0.4) is 0 Å². The summed E-state index contributed by atoms with van der Waals surface area (Å²) in [5.74, 6) is 0. The van der Waals surface area contributed by atoms with Crippen molar-refractivity contribution < 1.29 is 8.42 Å². The molecule has 0 bridgehead atoms. The molecule has 0 radical (unpaired) electrons. The van der Waals surface area contributed by atoms with Crippen molar-refractivity contribution in [2.75, 3.05) is 10.8 Å². The SMILES string of the molecule is CCN(c1cn(C)c(=O)n(C)c1=O)S(=O)(=O)c1ccccc1Br. The molecular weight excluding hydrogens is 386 g/mol. The van der Waals surface area contributed by atoms with Crippen LogP contribution in [0.4, 0.5) is 5.69 Å². The Morgan fingerprint density at radius 3 is 2.35 bits per heavy atom. The lowest BCUT2D eigenvalue weighted by Gasteiger charge is -2.23. The molecule has 0 aliphatic carbocycles. The van der Waals surface area contributed by atoms with Crippen LogP contribution in [-0.4, -0.2) is 24.1 Å². The number of hydrogen-bond donors (Lipinski definition) is 0. The topological polar surface area (TPSA) is 81.4 Å². The van der Waals surface area contributed by atoms with Gasteiger partial charge < -0.3 is 4.57 Å². The number of anilines is 1. The van der Waals surface area contributed by atoms with E-state index in [1.165, 1.54) is 30.9 Å². The quantitative estimate of drug-likeness (QED) is 0.766. The summed E-state index contributed by atoms with van der Waals surface area (Å²) in [5, 5.41) is 0. The van der Waals surface area contributed by atoms with Gasteiger partial charge in [-0.1, -0.05) is 12.1 Å². The average Bonchev–Trinajstić information content (AvgIpc) is 2.51. The smallest absolute Gasteiger partial charge is 0.301 e. The van der Waals surface area contributed by atoms with Gasteiger partial charge in [0.25, 0.3) is 15.6 Å². The second kappa shape index (κ2) is 6.32. The van der Waals surface area contributed by atoms with E-state index in [1.807, 2.05) is 0 Å². The molecule has 1 aromatic heterocycles. The molecule has 0 atom stereocenters. The molecule has 0 aliphatic rings. The summed E-state index contributed by atoms with van der Waals surface area (Å²) in [4.78, 5) is 24.2. The van der Waals surface area contributed by atoms with Crippen LogP contribution in [0, 0.1) is 0 Å². The summed E-state index contributed by atoms with van der Waals surface area (Å²) >= 11 is 3.22. The van der Waals surface area contributed by atoms with Crippen LogP contribution >= 0.6 is 15.9 Å². The molecule has 0 saturated carbocycles. The van der Waals surface area contributed by atoms with Gasteiger partial charge in [0.15, 0.2) is 0 Å². The zero-order valence-electron chi connectivity index (χ0n) is 12.9. The maximum absolute atomic E-state index is 12.9. The van der Waals surface area contributed by atoms with Gasteiger partial charge in [0, 0.05) is 31.3 Å². The van der Waals surface area contributed by atoms with E-state index < -0.39 is 21.3 Å². The lowest BCUT2D eigenvalue weighted by molar-refractivity contribution is 0.589. The second-order valence-electron chi connectivity index (χ2n) is 4.87. The van der Waals surface area contributed by atoms with E-state index in [9.17, 15) is 18.0 Å². The number of rotatable bonds is 4. The summed E-state index contributed by atoms with van der Waals surface area (Å²) in [6, 6.07) is 6.36. The van der Waals surface area contributed by atoms with Gasteiger partial charge in [-0.15, -0.1) is 0 Å². The Bertz CT molecular complexity index is 963. The highest BCUT2D eigenvalue weighted by Crippen LogP contribution is 2.26. The molecule has 9 heteroatoms. The predicted molar refractivity (Wildman–Crippen MR) is 91.3 cm³/mol. The number of halogens is 1. The molecule has 0 N–H and O–H groups in total. The molecule has 0 saturated heterocycles. The maximum Gasteiger partial charge on any atom is 0.330 e. The molecule has 2 rings (SSSR count). The molecule has 1 aromatic carbocycles. The molecule has 0 unspecified atom stereocenters. The largest absolute Gasteiger partial charge is 0.330 e. The Morgan fingerprint density at radius 2 is 1.78 bits per heavy atom. The van der Waals surface area contributed by atoms with E-state index in [4.69, 9.17) is 0 Å². The van der Waals surface area contributed by atoms with Crippen molar-refractivity contribution in [3.63, 3.8) is 0 Å². The van der Waals surface area contributed by atoms with Gasteiger partial charge in [-0.25, -0.2) is 13.2 Å². The van der Waals surface area contributed by atoms with Gasteiger partial charge in [0.1, 0.15) is 10.6 Å². The molecule has 0 amide bonds. The fourth-order valence-electron chi connectivity index (χ4n) is 2.20. The van der Waals surface area contributed by atoms with Gasteiger partial charge in [0.2, 0.25) is 0 Å². The molecule has 0 fully saturated rings. The summed E-state index contributed by atoms with van der Waals surface area (Å²) < 4.78 is 29.3. The van der Waals surface area contributed by atoms with E-state index in [2.05, 4.69) is 15.9 Å². The minimum Gasteiger partial charge on any atom is -0.301 e. The number of hydrogen-bond acceptors (Lipinski definition) is 4. The van der Waals surface area contributed by atoms with Crippen LogP contribution in [0.5, 0.6) is 0 Å². The summed E-state index contributed by atoms with van der Waals surface area (Å²) in [7, 11) is -1.17. The normalized spacial score (nSPS) is 11.5. The third-order valence-corrected chi connectivity index (χ3v) is 6.29. The summed E-state index contributed by atoms with van der Waals surface area (Å²) in [5.41, 5.74) is -1.26. The van der Waals surface area contributed by atoms with E-state index >= 15 is 0 Å². The third kappa shape index (κ3) is 2.98. The Kier molecular flexibility index (Phi) is 4.81. The van der Waals surface area contributed by atoms with Crippen LogP contribution in [0.15, 0.2) is 49.4 Å². The van der Waals surface area contributed by atoms with Crippen LogP contribution < -0.4 is 15.6 Å². The van der Waals surface area contributed by atoms with Gasteiger partial charge >= 0.3 is 5.69 Å². The van der Waals surface area contributed by atoms with E-state index in [-0.39, 0.29) is 17.1 Å². The van der Waals surface area contributed by atoms with Crippen molar-refractivity contribution in [2.45, 2.75) is 11.8 Å². The van der Waals surface area contributed by atoms with Crippen LogP contribution in [0.25, 0.3) is 0 Å². The molecule has 23 heavy (non-hydrogen) atoms. The number of aromatic nitrogens is 2. The van der Waals surface area contributed by atoms with Gasteiger partial charge in [-0.2, -0.15) is 0 Å². The molecule has 1 heterocycles. The fourth-order valence-corrected chi connectivity index (χ4v) is 4.63. The van der Waals surface area contributed by atoms with Crippen LogP contribution in [0.2, 0.25) is 0 Å². The number of nitrogens with zero attached hydrogens (tertiary/aromatic N) is 3. The highest BCUT2D eigenvalue weighted by molar-refractivity contribution is 9.10. The monoisotopic (exact) mass is 401 g/mol. The Balaban J connectivity index is 2.73. The van der Waals surface area contributed by atoms with E-state index in [0.717, 1.165) is 8.87 Å². The molecule has 7 nitrogen and oxygen atoms in total. The van der Waals surface area contributed by atoms with Crippen molar-refractivity contribution >= 4 is 31.6 Å². The van der Waals surface area contributed by atoms with Crippen molar-refractivity contribution in [2.24, 2.45) is 14.1 Å². The molecule has 124 valence electrons. The minimum atomic E-state index is -3.95. The number of benzene rings is 1.